The third-order valence-corrected chi connectivity index (χ3v) is 6.38. The van der Waals surface area contributed by atoms with Gasteiger partial charge in [0.25, 0.3) is 5.56 Å². The molecule has 9 heteroatoms. The van der Waals surface area contributed by atoms with Gasteiger partial charge in [-0.1, -0.05) is 22.0 Å². The molecule has 0 radical (unpaired) electrons. The van der Waals surface area contributed by atoms with E-state index in [0.717, 1.165) is 27.7 Å². The molecule has 7 nitrogen and oxygen atoms in total. The Morgan fingerprint density at radius 3 is 2.58 bits per heavy atom. The van der Waals surface area contributed by atoms with Crippen molar-refractivity contribution in [1.29, 1.82) is 0 Å². The van der Waals surface area contributed by atoms with Crippen molar-refractivity contribution in [2.45, 2.75) is 13.0 Å². The number of nitrogens with one attached hydrogen (secondary N) is 1. The topological polar surface area (TPSA) is 93.0 Å². The molecule has 1 unspecified atom stereocenters. The average Bonchev–Trinajstić information content (AvgIpc) is 3.29. The molecule has 0 aliphatic carbocycles. The molecule has 3 aromatic heterocycles. The molecular weight excluding hydrogens is 527 g/mol. The van der Waals surface area contributed by atoms with E-state index < -0.39 is 11.9 Å². The molecule has 0 saturated carbocycles. The number of aromatic nitrogens is 4. The van der Waals surface area contributed by atoms with Gasteiger partial charge in [0, 0.05) is 39.9 Å². The van der Waals surface area contributed by atoms with Crippen molar-refractivity contribution in [1.82, 2.24) is 19.7 Å². The quantitative estimate of drug-likeness (QED) is 0.286. The molecule has 0 saturated heterocycles. The first-order valence-corrected chi connectivity index (χ1v) is 12.1. The Hall–Kier alpha value is -3.82. The number of H-pyrrole nitrogens is 1. The molecule has 0 aliphatic heterocycles. The maximum Gasteiger partial charge on any atom is 0.251 e. The van der Waals surface area contributed by atoms with E-state index in [2.05, 4.69) is 31.1 Å². The molecule has 3 heterocycles. The summed E-state index contributed by atoms with van der Waals surface area (Å²) in [6.45, 7) is 2.09. The molecule has 2 N–H and O–H groups in total. The summed E-state index contributed by atoms with van der Waals surface area (Å²) in [7, 11) is 0. The van der Waals surface area contributed by atoms with Crippen LogP contribution in [0.25, 0.3) is 33.3 Å². The van der Waals surface area contributed by atoms with E-state index in [1.54, 1.807) is 30.6 Å². The molecule has 0 spiro atoms. The van der Waals surface area contributed by atoms with Gasteiger partial charge in [0.05, 0.1) is 24.8 Å². The van der Waals surface area contributed by atoms with Crippen LogP contribution in [0.3, 0.4) is 0 Å². The van der Waals surface area contributed by atoms with Crippen molar-refractivity contribution in [3.63, 3.8) is 0 Å². The fourth-order valence-electron chi connectivity index (χ4n) is 4.22. The van der Waals surface area contributed by atoms with Crippen LogP contribution in [-0.4, -0.2) is 38.1 Å². The van der Waals surface area contributed by atoms with Crippen molar-refractivity contribution in [3.05, 3.63) is 99.3 Å². The number of rotatable bonds is 7. The highest BCUT2D eigenvalue weighted by molar-refractivity contribution is 9.10. The van der Waals surface area contributed by atoms with Crippen molar-refractivity contribution in [2.24, 2.45) is 0 Å². The number of aliphatic hydroxyl groups excluding tert-OH is 1. The lowest BCUT2D eigenvalue weighted by molar-refractivity contribution is 0.246. The van der Waals surface area contributed by atoms with E-state index in [-0.39, 0.29) is 12.2 Å². The zero-order valence-corrected chi connectivity index (χ0v) is 20.9. The summed E-state index contributed by atoms with van der Waals surface area (Å²) >= 11 is 3.27. The summed E-state index contributed by atoms with van der Waals surface area (Å²) in [5.74, 6) is 0.101. The Bertz CT molecular complexity index is 1580. The number of hydrogen-bond donors (Lipinski definition) is 2. The molecule has 0 aliphatic rings. The highest BCUT2D eigenvalue weighted by atomic mass is 79.9. The second-order valence-electron chi connectivity index (χ2n) is 8.21. The van der Waals surface area contributed by atoms with Crippen molar-refractivity contribution >= 4 is 26.8 Å². The number of ether oxygens (including phenoxy) is 1. The zero-order valence-electron chi connectivity index (χ0n) is 19.3. The van der Waals surface area contributed by atoms with E-state index in [1.165, 1.54) is 22.8 Å². The molecule has 5 aromatic rings. The van der Waals surface area contributed by atoms with Gasteiger partial charge >= 0.3 is 0 Å². The van der Waals surface area contributed by atoms with Crippen LogP contribution in [0.15, 0.2) is 82.3 Å². The third kappa shape index (κ3) is 4.67. The molecular formula is C27H22BrFN4O3. The van der Waals surface area contributed by atoms with Crippen molar-refractivity contribution in [3.8, 4) is 28.3 Å². The average molecular weight is 549 g/mol. The molecule has 0 bridgehead atoms. The van der Waals surface area contributed by atoms with Crippen LogP contribution in [-0.2, 0) is 0 Å². The van der Waals surface area contributed by atoms with Crippen LogP contribution < -0.4 is 10.3 Å². The Kier molecular flexibility index (Phi) is 6.67. The maximum absolute atomic E-state index is 13.9. The molecule has 182 valence electrons. The van der Waals surface area contributed by atoms with Crippen molar-refractivity contribution in [2.75, 3.05) is 13.2 Å². The lowest BCUT2D eigenvalue weighted by Crippen LogP contribution is -2.27. The van der Waals surface area contributed by atoms with Gasteiger partial charge in [0.15, 0.2) is 0 Å². The minimum atomic E-state index is -0.714. The van der Waals surface area contributed by atoms with Crippen LogP contribution in [0, 0.1) is 5.82 Å². The maximum atomic E-state index is 13.9. The number of fused-ring (bicyclic) bond motifs is 1. The van der Waals surface area contributed by atoms with E-state index in [9.17, 15) is 14.3 Å². The second kappa shape index (κ2) is 10.0. The summed E-state index contributed by atoms with van der Waals surface area (Å²) in [5.41, 5.74) is 4.17. The lowest BCUT2D eigenvalue weighted by atomic mass is 10.0. The second-order valence-corrected chi connectivity index (χ2v) is 9.13. The fourth-order valence-corrected chi connectivity index (χ4v) is 4.70. The first-order chi connectivity index (χ1) is 17.5. The predicted molar refractivity (Wildman–Crippen MR) is 140 cm³/mol. The molecule has 5 rings (SSSR count). The highest BCUT2D eigenvalue weighted by Crippen LogP contribution is 2.31. The standard InChI is InChI=1S/C27H22BrFN4O3/c1-2-36-25-6-4-18(14-30-25)27-22-11-16(3-5-23(22)31-32-27)17-7-8-33(26(35)12-17)24(15-34)19-9-20(28)13-21(29)10-19/h3-14,24,34H,2,15H2,1H3,(H,31,32). The largest absolute Gasteiger partial charge is 0.478 e. The van der Waals surface area contributed by atoms with Crippen LogP contribution in [0.2, 0.25) is 0 Å². The first kappa shape index (κ1) is 23.9. The van der Waals surface area contributed by atoms with Gasteiger partial charge in [-0.05, 0) is 66.1 Å². The predicted octanol–water partition coefficient (Wildman–Crippen LogP) is 5.34. The fraction of sp³-hybridized carbons (Fsp3) is 0.148. The Morgan fingerprint density at radius 1 is 1.08 bits per heavy atom. The van der Waals surface area contributed by atoms with Crippen LogP contribution in [0.4, 0.5) is 4.39 Å². The van der Waals surface area contributed by atoms with Crippen molar-refractivity contribution < 1.29 is 14.2 Å². The van der Waals surface area contributed by atoms with E-state index in [0.29, 0.717) is 28.1 Å². The highest BCUT2D eigenvalue weighted by Gasteiger charge is 2.17. The van der Waals surface area contributed by atoms with E-state index in [1.807, 2.05) is 31.2 Å². The zero-order chi connectivity index (χ0) is 25.2. The summed E-state index contributed by atoms with van der Waals surface area (Å²) in [4.78, 5) is 17.4. The van der Waals surface area contributed by atoms with Gasteiger partial charge in [0.2, 0.25) is 5.88 Å². The van der Waals surface area contributed by atoms with Gasteiger partial charge in [-0.3, -0.25) is 9.89 Å². The first-order valence-electron chi connectivity index (χ1n) is 11.3. The summed E-state index contributed by atoms with van der Waals surface area (Å²) < 4.78 is 21.3. The number of pyridine rings is 2. The number of aliphatic hydroxyl groups is 1. The summed E-state index contributed by atoms with van der Waals surface area (Å²) in [5, 5.41) is 18.4. The van der Waals surface area contributed by atoms with Gasteiger partial charge in [-0.2, -0.15) is 5.10 Å². The Balaban J connectivity index is 1.50. The number of benzene rings is 2. The van der Waals surface area contributed by atoms with Gasteiger partial charge < -0.3 is 14.4 Å². The number of halogens is 2. The SMILES string of the molecule is CCOc1ccc(-c2n[nH]c3ccc(-c4ccn(C(CO)c5cc(F)cc(Br)c5)c(=O)c4)cc23)cn1. The number of aromatic amines is 1. The summed E-state index contributed by atoms with van der Waals surface area (Å²) in [6.07, 6.45) is 3.34. The van der Waals surface area contributed by atoms with Gasteiger partial charge in [-0.15, -0.1) is 0 Å². The lowest BCUT2D eigenvalue weighted by Gasteiger charge is -2.19. The minimum absolute atomic E-state index is 0.310. The molecule has 36 heavy (non-hydrogen) atoms. The van der Waals surface area contributed by atoms with Crippen LogP contribution >= 0.6 is 15.9 Å². The van der Waals surface area contributed by atoms with E-state index >= 15 is 0 Å². The number of hydrogen-bond acceptors (Lipinski definition) is 5. The van der Waals surface area contributed by atoms with Gasteiger partial charge in [-0.25, -0.2) is 9.37 Å². The normalized spacial score (nSPS) is 12.1. The van der Waals surface area contributed by atoms with Crippen LogP contribution in [0.1, 0.15) is 18.5 Å². The Morgan fingerprint density at radius 2 is 1.89 bits per heavy atom. The monoisotopic (exact) mass is 548 g/mol. The summed E-state index contributed by atoms with van der Waals surface area (Å²) in [6, 6.07) is 16.4. The molecule has 1 atom stereocenters. The Labute approximate surface area is 214 Å². The molecule has 0 amide bonds. The number of nitrogens with zero attached hydrogens (tertiary/aromatic N) is 3. The molecule has 2 aromatic carbocycles. The van der Waals surface area contributed by atoms with Gasteiger partial charge in [0.1, 0.15) is 11.5 Å². The molecule has 0 fully saturated rings. The third-order valence-electron chi connectivity index (χ3n) is 5.92. The smallest absolute Gasteiger partial charge is 0.251 e. The van der Waals surface area contributed by atoms with Crippen LogP contribution in [0.5, 0.6) is 5.88 Å². The minimum Gasteiger partial charge on any atom is -0.478 e. The van der Waals surface area contributed by atoms with E-state index in [4.69, 9.17) is 4.74 Å².